The molecule has 1 N–H and O–H groups in total. The van der Waals surface area contributed by atoms with Crippen molar-refractivity contribution in [2.75, 3.05) is 5.75 Å². The van der Waals surface area contributed by atoms with E-state index in [9.17, 15) is 9.59 Å². The molecule has 0 spiro atoms. The number of carbonyl (C=O) groups is 2. The van der Waals surface area contributed by atoms with Crippen LogP contribution in [0.2, 0.25) is 0 Å². The van der Waals surface area contributed by atoms with Crippen molar-refractivity contribution in [2.24, 2.45) is 0 Å². The van der Waals surface area contributed by atoms with Crippen molar-refractivity contribution in [3.05, 3.63) is 14.2 Å². The summed E-state index contributed by atoms with van der Waals surface area (Å²) in [5.74, 6) is -0.751. The summed E-state index contributed by atoms with van der Waals surface area (Å²) in [4.78, 5) is 23.0. The number of halogens is 1. The third kappa shape index (κ3) is 1.33. The van der Waals surface area contributed by atoms with E-state index < -0.39 is 5.97 Å². The van der Waals surface area contributed by atoms with Crippen molar-refractivity contribution < 1.29 is 14.7 Å². The van der Waals surface area contributed by atoms with Gasteiger partial charge in [-0.05, 0) is 15.9 Å². The monoisotopic (exact) mass is 278 g/mol. The van der Waals surface area contributed by atoms with Crippen LogP contribution >= 0.6 is 39.0 Å². The molecule has 6 heteroatoms. The van der Waals surface area contributed by atoms with Crippen LogP contribution in [0.25, 0.3) is 0 Å². The van der Waals surface area contributed by atoms with Gasteiger partial charge < -0.3 is 5.11 Å². The first-order chi connectivity index (χ1) is 6.11. The Kier molecular flexibility index (Phi) is 2.21. The van der Waals surface area contributed by atoms with Crippen molar-refractivity contribution in [2.45, 2.75) is 4.90 Å². The van der Waals surface area contributed by atoms with Gasteiger partial charge in [0.25, 0.3) is 0 Å². The molecule has 1 aromatic heterocycles. The highest BCUT2D eigenvalue weighted by Crippen LogP contribution is 2.44. The molecule has 0 bridgehead atoms. The second kappa shape index (κ2) is 3.11. The molecular weight excluding hydrogens is 276 g/mol. The molecule has 2 heterocycles. The summed E-state index contributed by atoms with van der Waals surface area (Å²) < 4.78 is 0.746. The maximum absolute atomic E-state index is 11.3. The van der Waals surface area contributed by atoms with Crippen LogP contribution in [-0.4, -0.2) is 22.6 Å². The third-order valence-corrected chi connectivity index (χ3v) is 4.99. The number of hydrogen-bond acceptors (Lipinski definition) is 4. The molecule has 0 unspecified atom stereocenters. The maximum atomic E-state index is 11.3. The van der Waals surface area contributed by atoms with Crippen molar-refractivity contribution in [1.29, 1.82) is 0 Å². The van der Waals surface area contributed by atoms with E-state index in [1.165, 1.54) is 11.8 Å². The SMILES string of the molecule is O=C(O)c1sc(Br)c2c1C(=O)CS2. The number of thiophene rings is 1. The Balaban J connectivity index is 2.67. The largest absolute Gasteiger partial charge is 0.477 e. The van der Waals surface area contributed by atoms with Crippen molar-refractivity contribution in [1.82, 2.24) is 0 Å². The molecule has 0 atom stereocenters. The topological polar surface area (TPSA) is 54.4 Å². The lowest BCUT2D eigenvalue weighted by Gasteiger charge is -1.89. The van der Waals surface area contributed by atoms with E-state index in [2.05, 4.69) is 15.9 Å². The number of fused-ring (bicyclic) bond motifs is 1. The standard InChI is InChI=1S/C7H3BrO3S2/c8-6-4-3(2(9)1-12-4)5(13-6)7(10)11/h1H2,(H,10,11). The molecule has 13 heavy (non-hydrogen) atoms. The fourth-order valence-electron chi connectivity index (χ4n) is 1.13. The van der Waals surface area contributed by atoms with Gasteiger partial charge in [0.15, 0.2) is 5.78 Å². The Bertz CT molecular complexity index is 410. The summed E-state index contributed by atoms with van der Waals surface area (Å²) in [6.07, 6.45) is 0. The normalized spacial score (nSPS) is 14.7. The minimum absolute atomic E-state index is 0.0839. The lowest BCUT2D eigenvalue weighted by atomic mass is 10.2. The summed E-state index contributed by atoms with van der Waals surface area (Å²) >= 11 is 5.74. The zero-order chi connectivity index (χ0) is 9.59. The molecule has 0 saturated heterocycles. The predicted octanol–water partition coefficient (Wildman–Crippen LogP) is 2.50. The van der Waals surface area contributed by atoms with Crippen LogP contribution in [0, 0.1) is 0 Å². The van der Waals surface area contributed by atoms with Gasteiger partial charge in [-0.3, -0.25) is 4.79 Å². The number of carboxylic acids is 1. The zero-order valence-electron chi connectivity index (χ0n) is 6.17. The number of aromatic carboxylic acids is 1. The number of rotatable bonds is 1. The molecule has 68 valence electrons. The molecule has 3 nitrogen and oxygen atoms in total. The molecule has 1 aromatic rings. The highest BCUT2D eigenvalue weighted by molar-refractivity contribution is 9.11. The Morgan fingerprint density at radius 2 is 2.23 bits per heavy atom. The van der Waals surface area contributed by atoms with Crippen LogP contribution in [-0.2, 0) is 0 Å². The molecular formula is C7H3BrO3S2. The molecule has 1 aliphatic heterocycles. The first-order valence-corrected chi connectivity index (χ1v) is 5.92. The quantitative estimate of drug-likeness (QED) is 0.858. The fourth-order valence-corrected chi connectivity index (χ4v) is 4.20. The molecule has 0 radical (unpaired) electrons. The van der Waals surface area contributed by atoms with Crippen LogP contribution in [0.4, 0.5) is 0 Å². The average Bonchev–Trinajstić information content (AvgIpc) is 2.55. The van der Waals surface area contributed by atoms with Crippen molar-refractivity contribution in [3.8, 4) is 0 Å². The maximum Gasteiger partial charge on any atom is 0.346 e. The molecule has 1 aliphatic rings. The van der Waals surface area contributed by atoms with Gasteiger partial charge in [-0.1, -0.05) is 0 Å². The number of carboxylic acid groups (broad SMARTS) is 1. The van der Waals surface area contributed by atoms with Crippen LogP contribution in [0.5, 0.6) is 0 Å². The average molecular weight is 279 g/mol. The highest BCUT2D eigenvalue weighted by Gasteiger charge is 2.31. The molecule has 0 saturated carbocycles. The fraction of sp³-hybridized carbons (Fsp3) is 0.143. The number of hydrogen-bond donors (Lipinski definition) is 1. The van der Waals surface area contributed by atoms with Gasteiger partial charge in [-0.15, -0.1) is 23.1 Å². The first-order valence-electron chi connectivity index (χ1n) is 3.33. The Morgan fingerprint density at radius 1 is 1.54 bits per heavy atom. The van der Waals surface area contributed by atoms with Crippen molar-refractivity contribution >= 4 is 50.8 Å². The highest BCUT2D eigenvalue weighted by atomic mass is 79.9. The predicted molar refractivity (Wildman–Crippen MR) is 54.0 cm³/mol. The minimum atomic E-state index is -1.03. The van der Waals surface area contributed by atoms with Gasteiger partial charge >= 0.3 is 5.97 Å². The van der Waals surface area contributed by atoms with Gasteiger partial charge in [0, 0.05) is 4.90 Å². The van der Waals surface area contributed by atoms with E-state index >= 15 is 0 Å². The molecule has 0 amide bonds. The number of carbonyl (C=O) groups excluding carboxylic acids is 1. The van der Waals surface area contributed by atoms with Crippen molar-refractivity contribution in [3.63, 3.8) is 0 Å². The number of ketones is 1. The van der Waals surface area contributed by atoms with Gasteiger partial charge in [-0.2, -0.15) is 0 Å². The Hall–Kier alpha value is -0.330. The van der Waals surface area contributed by atoms with Gasteiger partial charge in [-0.25, -0.2) is 4.79 Å². The van der Waals surface area contributed by atoms with E-state index in [1.807, 2.05) is 0 Å². The summed E-state index contributed by atoms with van der Waals surface area (Å²) in [5, 5.41) is 8.81. The van der Waals surface area contributed by atoms with Gasteiger partial charge in [0.1, 0.15) is 4.88 Å². The van der Waals surface area contributed by atoms with E-state index in [4.69, 9.17) is 5.11 Å². The van der Waals surface area contributed by atoms with Crippen LogP contribution in [0.1, 0.15) is 20.0 Å². The van der Waals surface area contributed by atoms with E-state index in [0.717, 1.165) is 20.0 Å². The van der Waals surface area contributed by atoms with E-state index in [0.29, 0.717) is 11.3 Å². The third-order valence-electron chi connectivity index (χ3n) is 1.64. The zero-order valence-corrected chi connectivity index (χ0v) is 9.38. The molecule has 0 aliphatic carbocycles. The van der Waals surface area contributed by atoms with E-state index in [1.54, 1.807) is 0 Å². The summed E-state index contributed by atoms with van der Waals surface area (Å²) in [7, 11) is 0. The smallest absolute Gasteiger partial charge is 0.346 e. The molecule has 0 fully saturated rings. The first kappa shape index (κ1) is 9.23. The number of Topliss-reactive ketones (excluding diaryl/α,β-unsaturated/α-hetero) is 1. The van der Waals surface area contributed by atoms with Gasteiger partial charge in [0.2, 0.25) is 0 Å². The second-order valence-electron chi connectivity index (χ2n) is 2.43. The lowest BCUT2D eigenvalue weighted by Crippen LogP contribution is -2.02. The Morgan fingerprint density at radius 3 is 2.85 bits per heavy atom. The van der Waals surface area contributed by atoms with Crippen LogP contribution < -0.4 is 0 Å². The molecule has 2 rings (SSSR count). The van der Waals surface area contributed by atoms with Crippen LogP contribution in [0.3, 0.4) is 0 Å². The van der Waals surface area contributed by atoms with E-state index in [-0.39, 0.29) is 10.7 Å². The lowest BCUT2D eigenvalue weighted by molar-refractivity contribution is 0.0698. The molecule has 0 aromatic carbocycles. The summed E-state index contributed by atoms with van der Waals surface area (Å²) in [6, 6.07) is 0. The second-order valence-corrected chi connectivity index (χ2v) is 5.75. The number of thioether (sulfide) groups is 1. The minimum Gasteiger partial charge on any atom is -0.477 e. The summed E-state index contributed by atoms with van der Waals surface area (Å²) in [5.41, 5.74) is 0.384. The van der Waals surface area contributed by atoms with Gasteiger partial charge in [0.05, 0.1) is 15.1 Å². The van der Waals surface area contributed by atoms with Crippen LogP contribution in [0.15, 0.2) is 8.68 Å². The summed E-state index contributed by atoms with van der Waals surface area (Å²) in [6.45, 7) is 0. The Labute approximate surface area is 90.3 Å².